The molecule has 1 saturated heterocycles. The van der Waals surface area contributed by atoms with E-state index in [9.17, 15) is 14.4 Å². The molecule has 3 N–H and O–H groups in total. The molecular weight excluding hydrogens is 332 g/mol. The lowest BCUT2D eigenvalue weighted by Gasteiger charge is -2.27. The highest BCUT2D eigenvalue weighted by Gasteiger charge is 2.52. The minimum Gasteiger partial charge on any atom is -0.444 e. The van der Waals surface area contributed by atoms with Crippen LogP contribution >= 0.6 is 11.3 Å². The van der Waals surface area contributed by atoms with Crippen molar-refractivity contribution in [1.29, 1.82) is 0 Å². The van der Waals surface area contributed by atoms with E-state index in [0.29, 0.717) is 11.6 Å². The van der Waals surface area contributed by atoms with Crippen molar-refractivity contribution in [2.45, 2.75) is 50.7 Å². The van der Waals surface area contributed by atoms with Crippen LogP contribution in [0, 0.1) is 0 Å². The first kappa shape index (κ1) is 16.7. The van der Waals surface area contributed by atoms with Gasteiger partial charge in [0.1, 0.15) is 5.60 Å². The number of carbonyl (C=O) groups is 3. The van der Waals surface area contributed by atoms with Gasteiger partial charge in [-0.2, -0.15) is 0 Å². The maximum atomic E-state index is 12.5. The number of carbonyl (C=O) groups excluding carboxylic acids is 3. The van der Waals surface area contributed by atoms with Gasteiger partial charge in [0.25, 0.3) is 5.91 Å². The Labute approximate surface area is 143 Å². The van der Waals surface area contributed by atoms with E-state index in [-0.39, 0.29) is 6.54 Å². The molecule has 2 heterocycles. The van der Waals surface area contributed by atoms with E-state index in [2.05, 4.69) is 20.9 Å². The predicted molar refractivity (Wildman–Crippen MR) is 86.7 cm³/mol. The van der Waals surface area contributed by atoms with Crippen LogP contribution in [0.4, 0.5) is 9.59 Å². The summed E-state index contributed by atoms with van der Waals surface area (Å²) in [5.74, 6) is -0.146. The van der Waals surface area contributed by atoms with Crippen molar-refractivity contribution in [3.05, 3.63) is 16.1 Å². The monoisotopic (exact) mass is 352 g/mol. The Morgan fingerprint density at radius 2 is 2.17 bits per heavy atom. The normalized spacial score (nSPS) is 23.6. The zero-order valence-electron chi connectivity index (χ0n) is 13.8. The third kappa shape index (κ3) is 3.21. The van der Waals surface area contributed by atoms with Gasteiger partial charge in [-0.3, -0.25) is 10.1 Å². The number of alkyl carbamates (subject to hydrolysis) is 1. The maximum Gasteiger partial charge on any atom is 0.407 e. The number of imide groups is 1. The Kier molecular flexibility index (Phi) is 3.98. The third-order valence-electron chi connectivity index (χ3n) is 3.79. The molecule has 1 aliphatic carbocycles. The summed E-state index contributed by atoms with van der Waals surface area (Å²) in [4.78, 5) is 41.5. The van der Waals surface area contributed by atoms with Gasteiger partial charge in [0.2, 0.25) is 0 Å². The summed E-state index contributed by atoms with van der Waals surface area (Å²) in [6.45, 7) is 5.12. The Morgan fingerprint density at radius 3 is 2.71 bits per heavy atom. The highest BCUT2D eigenvalue weighted by Crippen LogP contribution is 2.46. The Bertz CT molecular complexity index is 692. The van der Waals surface area contributed by atoms with E-state index in [1.54, 1.807) is 26.3 Å². The van der Waals surface area contributed by atoms with Gasteiger partial charge < -0.3 is 15.4 Å². The summed E-state index contributed by atoms with van der Waals surface area (Å²) in [5.41, 5.74) is 0.120. The molecule has 1 unspecified atom stereocenters. The van der Waals surface area contributed by atoms with Gasteiger partial charge in [0, 0.05) is 4.88 Å². The van der Waals surface area contributed by atoms with Crippen LogP contribution in [0.3, 0.4) is 0 Å². The van der Waals surface area contributed by atoms with Crippen molar-refractivity contribution in [3.63, 3.8) is 0 Å². The molecule has 1 aliphatic heterocycles. The first-order valence-electron chi connectivity index (χ1n) is 7.75. The number of urea groups is 1. The minimum absolute atomic E-state index is 0.122. The number of ether oxygens (including phenoxy) is 1. The lowest BCUT2D eigenvalue weighted by Crippen LogP contribution is -2.53. The van der Waals surface area contributed by atoms with Gasteiger partial charge >= 0.3 is 12.1 Å². The third-order valence-corrected chi connectivity index (χ3v) is 4.78. The SMILES string of the molecule is CC(C)(C)OC(=O)NCC1(c2ncsc2C2CC2)NC(=O)NC1=O. The first-order chi connectivity index (χ1) is 11.2. The Morgan fingerprint density at radius 1 is 1.46 bits per heavy atom. The predicted octanol–water partition coefficient (Wildman–Crippen LogP) is 1.58. The van der Waals surface area contributed by atoms with Crippen LogP contribution in [-0.4, -0.2) is 35.2 Å². The number of amides is 4. The molecule has 8 nitrogen and oxygen atoms in total. The summed E-state index contributed by atoms with van der Waals surface area (Å²) in [7, 11) is 0. The number of hydrogen-bond donors (Lipinski definition) is 3. The number of nitrogens with zero attached hydrogens (tertiary/aromatic N) is 1. The first-order valence-corrected chi connectivity index (χ1v) is 8.63. The minimum atomic E-state index is -1.40. The van der Waals surface area contributed by atoms with Crippen molar-refractivity contribution in [1.82, 2.24) is 20.9 Å². The molecule has 0 radical (unpaired) electrons. The lowest BCUT2D eigenvalue weighted by atomic mass is 9.93. The summed E-state index contributed by atoms with van der Waals surface area (Å²) in [6.07, 6.45) is 1.43. The second-order valence-electron chi connectivity index (χ2n) is 7.01. The zero-order chi connectivity index (χ0) is 17.5. The van der Waals surface area contributed by atoms with Gasteiger partial charge in [0.05, 0.1) is 17.7 Å². The molecule has 130 valence electrons. The lowest BCUT2D eigenvalue weighted by molar-refractivity contribution is -0.124. The van der Waals surface area contributed by atoms with Crippen molar-refractivity contribution < 1.29 is 19.1 Å². The van der Waals surface area contributed by atoms with Gasteiger partial charge in [-0.15, -0.1) is 11.3 Å². The smallest absolute Gasteiger partial charge is 0.407 e. The molecule has 9 heteroatoms. The van der Waals surface area contributed by atoms with Gasteiger partial charge in [0.15, 0.2) is 5.54 Å². The van der Waals surface area contributed by atoms with E-state index in [1.165, 1.54) is 11.3 Å². The molecule has 24 heavy (non-hydrogen) atoms. The average Bonchev–Trinajstić information content (AvgIpc) is 3.10. The van der Waals surface area contributed by atoms with Gasteiger partial charge in [-0.05, 0) is 39.5 Å². The molecule has 1 atom stereocenters. The second kappa shape index (κ2) is 5.73. The van der Waals surface area contributed by atoms with Crippen LogP contribution in [0.1, 0.15) is 50.1 Å². The van der Waals surface area contributed by atoms with Crippen LogP contribution < -0.4 is 16.0 Å². The zero-order valence-corrected chi connectivity index (χ0v) is 14.6. The molecule has 4 amide bonds. The molecule has 1 aromatic rings. The van der Waals surface area contributed by atoms with Crippen molar-refractivity contribution in [2.24, 2.45) is 0 Å². The highest BCUT2D eigenvalue weighted by molar-refractivity contribution is 7.09. The van der Waals surface area contributed by atoms with Crippen LogP contribution in [0.5, 0.6) is 0 Å². The van der Waals surface area contributed by atoms with Crippen LogP contribution in [-0.2, 0) is 15.1 Å². The fourth-order valence-electron chi connectivity index (χ4n) is 2.60. The van der Waals surface area contributed by atoms with E-state index < -0.39 is 29.2 Å². The van der Waals surface area contributed by atoms with E-state index in [4.69, 9.17) is 4.74 Å². The molecule has 3 rings (SSSR count). The summed E-state index contributed by atoms with van der Waals surface area (Å²) < 4.78 is 5.20. The van der Waals surface area contributed by atoms with Crippen LogP contribution in [0.25, 0.3) is 0 Å². The molecule has 0 bridgehead atoms. The summed E-state index contributed by atoms with van der Waals surface area (Å²) in [6, 6.07) is -0.597. The quantitative estimate of drug-likeness (QED) is 0.713. The van der Waals surface area contributed by atoms with Crippen LogP contribution in [0.15, 0.2) is 5.51 Å². The van der Waals surface area contributed by atoms with E-state index in [1.807, 2.05) is 0 Å². The maximum absolute atomic E-state index is 12.5. The number of aromatic nitrogens is 1. The Balaban J connectivity index is 1.84. The van der Waals surface area contributed by atoms with Gasteiger partial charge in [-0.1, -0.05) is 0 Å². The van der Waals surface area contributed by atoms with Crippen LogP contribution in [0.2, 0.25) is 0 Å². The van der Waals surface area contributed by atoms with E-state index >= 15 is 0 Å². The fourth-order valence-corrected chi connectivity index (χ4v) is 3.63. The van der Waals surface area contributed by atoms with Crippen molar-refractivity contribution in [3.8, 4) is 0 Å². The number of nitrogens with one attached hydrogen (secondary N) is 3. The van der Waals surface area contributed by atoms with E-state index in [0.717, 1.165) is 17.7 Å². The molecule has 1 saturated carbocycles. The largest absolute Gasteiger partial charge is 0.444 e. The van der Waals surface area contributed by atoms with Crippen molar-refractivity contribution in [2.75, 3.05) is 6.54 Å². The summed E-state index contributed by atoms with van der Waals surface area (Å²) in [5, 5.41) is 7.45. The highest BCUT2D eigenvalue weighted by atomic mass is 32.1. The molecule has 0 spiro atoms. The number of hydrogen-bond acceptors (Lipinski definition) is 6. The van der Waals surface area contributed by atoms with Crippen molar-refractivity contribution >= 4 is 29.4 Å². The standard InChI is InChI=1S/C15H20N4O4S/c1-14(2,3)23-13(22)16-6-15(11(20)18-12(21)19-15)10-9(8-4-5-8)24-7-17-10/h7-8H,4-6H2,1-3H3,(H,16,22)(H2,18,19,20,21). The molecular formula is C15H20N4O4S. The molecule has 2 aliphatic rings. The summed E-state index contributed by atoms with van der Waals surface area (Å²) >= 11 is 1.47. The molecule has 0 aromatic carbocycles. The number of thiazole rings is 1. The van der Waals surface area contributed by atoms with Gasteiger partial charge in [-0.25, -0.2) is 14.6 Å². The number of rotatable bonds is 4. The topological polar surface area (TPSA) is 109 Å². The second-order valence-corrected chi connectivity index (χ2v) is 7.89. The Hall–Kier alpha value is -2.16. The average molecular weight is 352 g/mol. The molecule has 1 aromatic heterocycles. The fraction of sp³-hybridized carbons (Fsp3) is 0.600. The molecule has 2 fully saturated rings.